The summed E-state index contributed by atoms with van der Waals surface area (Å²) in [6.45, 7) is 0.799. The van der Waals surface area contributed by atoms with Crippen molar-refractivity contribution >= 4 is 44.4 Å². The number of aromatic hydroxyl groups is 1. The zero-order valence-electron chi connectivity index (χ0n) is 16.8. The van der Waals surface area contributed by atoms with Gasteiger partial charge in [0.1, 0.15) is 5.58 Å². The maximum absolute atomic E-state index is 13.5. The Bertz CT molecular complexity index is 1240. The Hall–Kier alpha value is -2.55. The molecule has 0 bridgehead atoms. The maximum atomic E-state index is 13.5. The summed E-state index contributed by atoms with van der Waals surface area (Å²) >= 11 is 9.41. The molecule has 2 heterocycles. The first-order valence-electron chi connectivity index (χ1n) is 9.50. The van der Waals surface area contributed by atoms with Gasteiger partial charge in [-0.25, -0.2) is 0 Å². The number of phenolic OH excluding ortho intramolecular Hbond substituents is 1. The lowest BCUT2D eigenvalue weighted by Crippen LogP contribution is -2.31. The number of rotatable bonds is 6. The summed E-state index contributed by atoms with van der Waals surface area (Å²) in [6.07, 6.45) is 0.572. The number of phenols is 1. The zero-order valence-corrected chi connectivity index (χ0v) is 19.1. The van der Waals surface area contributed by atoms with E-state index < -0.39 is 6.04 Å². The quantitative estimate of drug-likeness (QED) is 0.493. The molecule has 0 saturated heterocycles. The lowest BCUT2D eigenvalue weighted by molar-refractivity contribution is 0.0707. The monoisotopic (exact) mass is 507 g/mol. The Labute approximate surface area is 191 Å². The van der Waals surface area contributed by atoms with Crippen LogP contribution in [-0.4, -0.2) is 43.3 Å². The van der Waals surface area contributed by atoms with Gasteiger partial charge in [-0.3, -0.25) is 9.59 Å². The number of amides is 1. The predicted molar refractivity (Wildman–Crippen MR) is 119 cm³/mol. The molecule has 1 amide bonds. The average molecular weight is 509 g/mol. The lowest BCUT2D eigenvalue weighted by atomic mass is 9.98. The number of hydrogen-bond donors (Lipinski definition) is 1. The Morgan fingerprint density at radius 3 is 2.71 bits per heavy atom. The second kappa shape index (κ2) is 8.53. The van der Waals surface area contributed by atoms with Crippen LogP contribution in [0.4, 0.5) is 0 Å². The molecule has 2 aromatic carbocycles. The molecule has 0 radical (unpaired) electrons. The van der Waals surface area contributed by atoms with Crippen LogP contribution < -0.4 is 10.2 Å². The molecule has 31 heavy (non-hydrogen) atoms. The van der Waals surface area contributed by atoms with E-state index in [0.717, 1.165) is 0 Å². The molecule has 1 atom stereocenters. The first-order valence-corrected chi connectivity index (χ1v) is 10.7. The second-order valence-corrected chi connectivity index (χ2v) is 8.41. The van der Waals surface area contributed by atoms with Gasteiger partial charge in [0.2, 0.25) is 5.76 Å². The number of methoxy groups -OCH3 is 2. The first-order chi connectivity index (χ1) is 14.9. The molecule has 3 aromatic rings. The third kappa shape index (κ3) is 3.69. The zero-order chi connectivity index (χ0) is 22.3. The van der Waals surface area contributed by atoms with Crippen LogP contribution in [0.1, 0.15) is 34.1 Å². The number of carbonyl (C=O) groups is 1. The van der Waals surface area contributed by atoms with E-state index in [0.29, 0.717) is 45.6 Å². The Morgan fingerprint density at radius 2 is 2.00 bits per heavy atom. The summed E-state index contributed by atoms with van der Waals surface area (Å²) in [7, 11) is 3.01. The molecular formula is C22H19BrClNO6. The number of benzene rings is 2. The van der Waals surface area contributed by atoms with Crippen molar-refractivity contribution < 1.29 is 23.8 Å². The smallest absolute Gasteiger partial charge is 0.290 e. The Morgan fingerprint density at radius 1 is 1.23 bits per heavy atom. The summed E-state index contributed by atoms with van der Waals surface area (Å²) < 4.78 is 16.7. The van der Waals surface area contributed by atoms with Gasteiger partial charge in [-0.1, -0.05) is 11.6 Å². The van der Waals surface area contributed by atoms with Gasteiger partial charge in [-0.05, 0) is 58.2 Å². The van der Waals surface area contributed by atoms with Crippen molar-refractivity contribution in [2.24, 2.45) is 0 Å². The molecule has 4 rings (SSSR count). The summed E-state index contributed by atoms with van der Waals surface area (Å²) in [5, 5.41) is 10.9. The number of fused-ring (bicyclic) bond motifs is 2. The SMILES string of the molecule is COCCCN1C(=O)c2oc3ccc(Cl)cc3c(=O)c2C1c1cc(Br)c(O)c(OC)c1. The van der Waals surface area contributed by atoms with Crippen molar-refractivity contribution in [2.45, 2.75) is 12.5 Å². The number of carbonyl (C=O) groups excluding carboxylic acids is 1. The maximum Gasteiger partial charge on any atom is 0.290 e. The normalized spacial score (nSPS) is 15.5. The highest BCUT2D eigenvalue weighted by molar-refractivity contribution is 9.10. The van der Waals surface area contributed by atoms with E-state index in [9.17, 15) is 14.7 Å². The largest absolute Gasteiger partial charge is 0.503 e. The number of ether oxygens (including phenoxy) is 2. The Balaban J connectivity index is 1.96. The minimum Gasteiger partial charge on any atom is -0.503 e. The van der Waals surface area contributed by atoms with Crippen LogP contribution in [0.25, 0.3) is 11.0 Å². The van der Waals surface area contributed by atoms with Gasteiger partial charge < -0.3 is 23.9 Å². The molecule has 1 unspecified atom stereocenters. The topological polar surface area (TPSA) is 89.2 Å². The minimum atomic E-state index is -0.718. The van der Waals surface area contributed by atoms with Crippen molar-refractivity contribution in [1.29, 1.82) is 0 Å². The van der Waals surface area contributed by atoms with Gasteiger partial charge in [-0.2, -0.15) is 0 Å². The molecule has 7 nitrogen and oxygen atoms in total. The molecule has 1 aliphatic heterocycles. The van der Waals surface area contributed by atoms with Gasteiger partial charge in [-0.15, -0.1) is 0 Å². The highest BCUT2D eigenvalue weighted by atomic mass is 79.9. The van der Waals surface area contributed by atoms with Crippen molar-refractivity contribution in [1.82, 2.24) is 4.90 Å². The molecule has 0 aliphatic carbocycles. The average Bonchev–Trinajstić information content (AvgIpc) is 3.03. The van der Waals surface area contributed by atoms with Crippen LogP contribution in [0, 0.1) is 0 Å². The third-order valence-corrected chi connectivity index (χ3v) is 6.10. The highest BCUT2D eigenvalue weighted by Gasteiger charge is 2.43. The summed E-state index contributed by atoms with van der Waals surface area (Å²) in [5.41, 5.74) is 0.800. The summed E-state index contributed by atoms with van der Waals surface area (Å²) in [5.74, 6) is -0.229. The van der Waals surface area contributed by atoms with Gasteiger partial charge in [0.25, 0.3) is 5.91 Å². The lowest BCUT2D eigenvalue weighted by Gasteiger charge is -2.25. The molecule has 0 spiro atoms. The van der Waals surface area contributed by atoms with E-state index in [1.165, 1.54) is 13.2 Å². The van der Waals surface area contributed by atoms with Gasteiger partial charge in [0.15, 0.2) is 16.9 Å². The molecule has 1 aliphatic rings. The van der Waals surface area contributed by atoms with E-state index in [1.807, 2.05) is 0 Å². The van der Waals surface area contributed by atoms with Crippen molar-refractivity contribution in [2.75, 3.05) is 27.4 Å². The van der Waals surface area contributed by atoms with Crippen LogP contribution in [0.5, 0.6) is 11.5 Å². The molecule has 1 N–H and O–H groups in total. The molecule has 9 heteroatoms. The molecule has 1 aromatic heterocycles. The number of halogens is 2. The second-order valence-electron chi connectivity index (χ2n) is 7.12. The molecule has 162 valence electrons. The van der Waals surface area contributed by atoms with E-state index in [1.54, 1.807) is 36.3 Å². The molecule has 0 fully saturated rings. The minimum absolute atomic E-state index is 0.00500. The standard InChI is InChI=1S/C22H19BrClNO6/c1-29-7-3-6-25-18(11-8-14(23)20(27)16(9-11)30-2)17-19(26)13-10-12(24)4-5-15(13)31-21(17)22(25)28/h4-5,8-10,18,27H,3,6-7H2,1-2H3. The van der Waals surface area contributed by atoms with Crippen LogP contribution in [0.3, 0.4) is 0 Å². The number of nitrogens with zero attached hydrogens (tertiary/aromatic N) is 1. The van der Waals surface area contributed by atoms with Crippen LogP contribution >= 0.6 is 27.5 Å². The van der Waals surface area contributed by atoms with E-state index in [2.05, 4.69) is 15.9 Å². The van der Waals surface area contributed by atoms with Crippen LogP contribution in [0.2, 0.25) is 5.02 Å². The predicted octanol–water partition coefficient (Wildman–Crippen LogP) is 4.50. The highest BCUT2D eigenvalue weighted by Crippen LogP contribution is 2.43. The van der Waals surface area contributed by atoms with Crippen molar-refractivity contribution in [3.05, 3.63) is 66.9 Å². The van der Waals surface area contributed by atoms with Crippen LogP contribution in [-0.2, 0) is 4.74 Å². The molecule has 0 saturated carbocycles. The number of hydrogen-bond acceptors (Lipinski definition) is 6. The summed E-state index contributed by atoms with van der Waals surface area (Å²) in [6, 6.07) is 7.27. The Kier molecular flexibility index (Phi) is 5.96. The van der Waals surface area contributed by atoms with Gasteiger partial charge in [0, 0.05) is 25.3 Å². The van der Waals surface area contributed by atoms with Crippen molar-refractivity contribution in [3.8, 4) is 11.5 Å². The fourth-order valence-electron chi connectivity index (χ4n) is 3.86. The van der Waals surface area contributed by atoms with E-state index in [4.69, 9.17) is 25.5 Å². The summed E-state index contributed by atoms with van der Waals surface area (Å²) in [4.78, 5) is 28.3. The third-order valence-electron chi connectivity index (χ3n) is 5.26. The van der Waals surface area contributed by atoms with Gasteiger partial charge in [0.05, 0.1) is 28.6 Å². The van der Waals surface area contributed by atoms with E-state index >= 15 is 0 Å². The first kappa shape index (κ1) is 21.7. The van der Waals surface area contributed by atoms with Crippen LogP contribution in [0.15, 0.2) is 44.0 Å². The fourth-order valence-corrected chi connectivity index (χ4v) is 4.49. The van der Waals surface area contributed by atoms with Crippen molar-refractivity contribution in [3.63, 3.8) is 0 Å². The fraction of sp³-hybridized carbons (Fsp3) is 0.273. The van der Waals surface area contributed by atoms with E-state index in [-0.39, 0.29) is 34.2 Å². The molecular weight excluding hydrogens is 490 g/mol. The van der Waals surface area contributed by atoms with Gasteiger partial charge >= 0.3 is 0 Å².